The molecule has 1 unspecified atom stereocenters. The Morgan fingerprint density at radius 2 is 1.84 bits per heavy atom. The molecule has 2 amide bonds. The molecule has 0 saturated carbocycles. The molecule has 0 aliphatic carbocycles. The van der Waals surface area contributed by atoms with Crippen molar-refractivity contribution in [1.29, 1.82) is 0 Å². The van der Waals surface area contributed by atoms with Crippen LogP contribution in [0, 0.1) is 5.92 Å². The fraction of sp³-hybridized carbons (Fsp3) is 0.600. The van der Waals surface area contributed by atoms with E-state index in [1.807, 2.05) is 24.3 Å². The van der Waals surface area contributed by atoms with Crippen molar-refractivity contribution in [2.24, 2.45) is 5.92 Å². The number of hydrogen-bond acceptors (Lipinski definition) is 3. The van der Waals surface area contributed by atoms with Crippen LogP contribution in [0.3, 0.4) is 0 Å². The number of ether oxygens (including phenoxy) is 1. The maximum absolute atomic E-state index is 12.3. The summed E-state index contributed by atoms with van der Waals surface area (Å²) in [6, 6.07) is 7.36. The lowest BCUT2D eigenvalue weighted by Gasteiger charge is -2.17. The maximum Gasteiger partial charge on any atom is 0.227 e. The van der Waals surface area contributed by atoms with Crippen molar-refractivity contribution < 1.29 is 14.3 Å². The summed E-state index contributed by atoms with van der Waals surface area (Å²) in [5.74, 6) is 0.501. The predicted molar refractivity (Wildman–Crippen MR) is 99.8 cm³/mol. The molecule has 0 bridgehead atoms. The minimum absolute atomic E-state index is 0.00193. The van der Waals surface area contributed by atoms with Crippen molar-refractivity contribution in [3.63, 3.8) is 0 Å². The third-order valence-electron chi connectivity index (χ3n) is 4.71. The number of unbranched alkanes of at least 4 members (excludes halogenated alkanes) is 5. The molecule has 5 heteroatoms. The van der Waals surface area contributed by atoms with Crippen LogP contribution in [0.5, 0.6) is 5.75 Å². The highest BCUT2D eigenvalue weighted by Crippen LogP contribution is 2.26. The van der Waals surface area contributed by atoms with Crippen LogP contribution in [0.2, 0.25) is 0 Å². The Labute approximate surface area is 150 Å². The maximum atomic E-state index is 12.3. The molecule has 0 radical (unpaired) electrons. The van der Waals surface area contributed by atoms with Crippen LogP contribution in [0.25, 0.3) is 0 Å². The minimum atomic E-state index is -0.255. The zero-order chi connectivity index (χ0) is 18.1. The van der Waals surface area contributed by atoms with E-state index in [0.717, 1.165) is 24.3 Å². The van der Waals surface area contributed by atoms with Gasteiger partial charge < -0.3 is 15.0 Å². The molecule has 2 rings (SSSR count). The first-order valence-electron chi connectivity index (χ1n) is 9.37. The number of carbonyl (C=O) groups is 2. The zero-order valence-corrected chi connectivity index (χ0v) is 15.4. The van der Waals surface area contributed by atoms with Crippen LogP contribution in [0.4, 0.5) is 5.69 Å². The molecule has 1 aromatic rings. The molecule has 1 aliphatic heterocycles. The average Bonchev–Trinajstić information content (AvgIpc) is 3.02. The molecule has 1 N–H and O–H groups in total. The number of carbonyl (C=O) groups excluding carboxylic acids is 2. The molecule has 0 spiro atoms. The summed E-state index contributed by atoms with van der Waals surface area (Å²) in [5, 5.41) is 2.99. The zero-order valence-electron chi connectivity index (χ0n) is 15.4. The van der Waals surface area contributed by atoms with Crippen molar-refractivity contribution in [3.8, 4) is 5.75 Å². The number of hydrogen-bond donors (Lipinski definition) is 1. The SMILES string of the molecule is CCCCCCCCNC(=O)C1CC(=O)N(c2ccc(OC)cc2)C1. The third kappa shape index (κ3) is 5.76. The number of benzene rings is 1. The van der Waals surface area contributed by atoms with Gasteiger partial charge in [0.2, 0.25) is 11.8 Å². The molecule has 0 aromatic heterocycles. The summed E-state index contributed by atoms with van der Waals surface area (Å²) in [5.41, 5.74) is 0.817. The van der Waals surface area contributed by atoms with Gasteiger partial charge in [0.25, 0.3) is 0 Å². The number of methoxy groups -OCH3 is 1. The molecular formula is C20H30N2O3. The molecule has 138 valence electrons. The van der Waals surface area contributed by atoms with Gasteiger partial charge in [-0.1, -0.05) is 39.0 Å². The number of anilines is 1. The summed E-state index contributed by atoms with van der Waals surface area (Å²) in [6.45, 7) is 3.37. The van der Waals surface area contributed by atoms with Gasteiger partial charge in [-0.15, -0.1) is 0 Å². The Morgan fingerprint density at radius 1 is 1.16 bits per heavy atom. The van der Waals surface area contributed by atoms with E-state index in [1.54, 1.807) is 12.0 Å². The van der Waals surface area contributed by atoms with Crippen LogP contribution in [0.15, 0.2) is 24.3 Å². The Balaban J connectivity index is 1.74. The lowest BCUT2D eigenvalue weighted by atomic mass is 10.1. The van der Waals surface area contributed by atoms with Gasteiger partial charge in [0, 0.05) is 25.2 Å². The van der Waals surface area contributed by atoms with Crippen LogP contribution in [0.1, 0.15) is 51.9 Å². The molecule has 1 aliphatic rings. The topological polar surface area (TPSA) is 58.6 Å². The number of rotatable bonds is 10. The van der Waals surface area contributed by atoms with Gasteiger partial charge >= 0.3 is 0 Å². The quantitative estimate of drug-likeness (QED) is 0.659. The normalized spacial score (nSPS) is 17.0. The first kappa shape index (κ1) is 19.3. The molecule has 1 fully saturated rings. The first-order valence-corrected chi connectivity index (χ1v) is 9.37. The smallest absolute Gasteiger partial charge is 0.227 e. The van der Waals surface area contributed by atoms with E-state index in [1.165, 1.54) is 25.7 Å². The van der Waals surface area contributed by atoms with Crippen LogP contribution in [-0.2, 0) is 9.59 Å². The van der Waals surface area contributed by atoms with Crippen LogP contribution in [-0.4, -0.2) is 32.0 Å². The number of nitrogens with one attached hydrogen (secondary N) is 1. The second-order valence-corrected chi connectivity index (χ2v) is 6.66. The summed E-state index contributed by atoms with van der Waals surface area (Å²) < 4.78 is 5.14. The highest BCUT2D eigenvalue weighted by atomic mass is 16.5. The molecule has 25 heavy (non-hydrogen) atoms. The third-order valence-corrected chi connectivity index (χ3v) is 4.71. The lowest BCUT2D eigenvalue weighted by molar-refractivity contribution is -0.126. The molecule has 5 nitrogen and oxygen atoms in total. The average molecular weight is 346 g/mol. The Hall–Kier alpha value is -2.04. The molecule has 1 saturated heterocycles. The number of nitrogens with zero attached hydrogens (tertiary/aromatic N) is 1. The Morgan fingerprint density at radius 3 is 2.52 bits per heavy atom. The van der Waals surface area contributed by atoms with Gasteiger partial charge in [-0.25, -0.2) is 0 Å². The van der Waals surface area contributed by atoms with E-state index < -0.39 is 0 Å². The van der Waals surface area contributed by atoms with Gasteiger partial charge in [-0.05, 0) is 30.7 Å². The first-order chi connectivity index (χ1) is 12.2. The van der Waals surface area contributed by atoms with E-state index in [4.69, 9.17) is 4.74 Å². The summed E-state index contributed by atoms with van der Waals surface area (Å²) >= 11 is 0. The van der Waals surface area contributed by atoms with Gasteiger partial charge in [-0.3, -0.25) is 9.59 Å². The molecule has 1 heterocycles. The van der Waals surface area contributed by atoms with Gasteiger partial charge in [0.1, 0.15) is 5.75 Å². The molecular weight excluding hydrogens is 316 g/mol. The Kier molecular flexibility index (Phi) is 7.76. The summed E-state index contributed by atoms with van der Waals surface area (Å²) in [7, 11) is 1.61. The van der Waals surface area contributed by atoms with E-state index in [9.17, 15) is 9.59 Å². The molecule has 1 aromatic carbocycles. The lowest BCUT2D eigenvalue weighted by Crippen LogP contribution is -2.33. The highest BCUT2D eigenvalue weighted by Gasteiger charge is 2.34. The Bertz CT molecular complexity index is 557. The summed E-state index contributed by atoms with van der Waals surface area (Å²) in [4.78, 5) is 26.2. The largest absolute Gasteiger partial charge is 0.497 e. The molecule has 1 atom stereocenters. The van der Waals surface area contributed by atoms with Crippen LogP contribution >= 0.6 is 0 Å². The van der Waals surface area contributed by atoms with E-state index in [0.29, 0.717) is 13.1 Å². The fourth-order valence-electron chi connectivity index (χ4n) is 3.16. The fourth-order valence-corrected chi connectivity index (χ4v) is 3.16. The number of amides is 2. The predicted octanol–water partition coefficient (Wildman–Crippen LogP) is 3.52. The monoisotopic (exact) mass is 346 g/mol. The van der Waals surface area contributed by atoms with Gasteiger partial charge in [0.05, 0.1) is 13.0 Å². The standard InChI is InChI=1S/C20H30N2O3/c1-3-4-5-6-7-8-13-21-20(24)16-14-19(23)22(15-16)17-9-11-18(25-2)12-10-17/h9-12,16H,3-8,13-15H2,1-2H3,(H,21,24). The van der Waals surface area contributed by atoms with Crippen molar-refractivity contribution in [2.45, 2.75) is 51.9 Å². The van der Waals surface area contributed by atoms with Gasteiger partial charge in [-0.2, -0.15) is 0 Å². The van der Waals surface area contributed by atoms with Crippen molar-refractivity contribution >= 4 is 17.5 Å². The minimum Gasteiger partial charge on any atom is -0.497 e. The second kappa shape index (κ2) is 10.1. The van der Waals surface area contributed by atoms with Gasteiger partial charge in [0.15, 0.2) is 0 Å². The highest BCUT2D eigenvalue weighted by molar-refractivity contribution is 6.00. The van der Waals surface area contributed by atoms with E-state index >= 15 is 0 Å². The summed E-state index contributed by atoms with van der Waals surface area (Å²) in [6.07, 6.45) is 7.50. The second-order valence-electron chi connectivity index (χ2n) is 6.66. The van der Waals surface area contributed by atoms with E-state index in [2.05, 4.69) is 12.2 Å². The van der Waals surface area contributed by atoms with Crippen molar-refractivity contribution in [2.75, 3.05) is 25.1 Å². The van der Waals surface area contributed by atoms with E-state index in [-0.39, 0.29) is 24.2 Å². The van der Waals surface area contributed by atoms with Crippen molar-refractivity contribution in [3.05, 3.63) is 24.3 Å². The van der Waals surface area contributed by atoms with Crippen molar-refractivity contribution in [1.82, 2.24) is 5.32 Å². The van der Waals surface area contributed by atoms with Crippen LogP contribution < -0.4 is 15.0 Å².